The van der Waals surface area contributed by atoms with Crippen LogP contribution in [0.25, 0.3) is 0 Å². The average Bonchev–Trinajstić information content (AvgIpc) is 2.66. The zero-order chi connectivity index (χ0) is 14.4. The predicted molar refractivity (Wildman–Crippen MR) is 76.2 cm³/mol. The van der Waals surface area contributed by atoms with Crippen LogP contribution < -0.4 is 10.1 Å². The lowest BCUT2D eigenvalue weighted by Crippen LogP contribution is -2.33. The van der Waals surface area contributed by atoms with Gasteiger partial charge in [-0.15, -0.1) is 0 Å². The van der Waals surface area contributed by atoms with E-state index in [9.17, 15) is 0 Å². The molecule has 2 unspecified atom stereocenters. The van der Waals surface area contributed by atoms with E-state index in [1.165, 1.54) is 0 Å². The number of nitrogens with one attached hydrogen (secondary N) is 1. The number of hydrogen-bond acceptors (Lipinski definition) is 4. The molecular formula is C14H25N3O2. The summed E-state index contributed by atoms with van der Waals surface area (Å²) >= 11 is 0. The number of hydrogen-bond donors (Lipinski definition) is 2. The zero-order valence-corrected chi connectivity index (χ0v) is 12.3. The van der Waals surface area contributed by atoms with E-state index >= 15 is 0 Å². The molecule has 2 atom stereocenters. The van der Waals surface area contributed by atoms with Gasteiger partial charge in [0.15, 0.2) is 0 Å². The van der Waals surface area contributed by atoms with E-state index in [4.69, 9.17) is 9.84 Å². The topological polar surface area (TPSA) is 59.3 Å². The van der Waals surface area contributed by atoms with Crippen molar-refractivity contribution >= 4 is 0 Å². The zero-order valence-electron chi connectivity index (χ0n) is 12.3. The van der Waals surface area contributed by atoms with Crippen LogP contribution in [0, 0.1) is 12.8 Å². The van der Waals surface area contributed by atoms with Crippen LogP contribution in [0.2, 0.25) is 0 Å². The molecule has 0 radical (unpaired) electrons. The molecule has 0 aliphatic heterocycles. The fourth-order valence-corrected chi connectivity index (χ4v) is 1.83. The van der Waals surface area contributed by atoms with Gasteiger partial charge in [-0.1, -0.05) is 19.6 Å². The molecule has 1 aromatic heterocycles. The van der Waals surface area contributed by atoms with E-state index in [1.807, 2.05) is 20.9 Å². The van der Waals surface area contributed by atoms with Crippen molar-refractivity contribution in [3.63, 3.8) is 0 Å². The van der Waals surface area contributed by atoms with Crippen molar-refractivity contribution in [1.82, 2.24) is 15.1 Å². The summed E-state index contributed by atoms with van der Waals surface area (Å²) in [6, 6.07) is 0.233. The summed E-state index contributed by atoms with van der Waals surface area (Å²) in [7, 11) is 1.87. The van der Waals surface area contributed by atoms with Gasteiger partial charge in [0.2, 0.25) is 5.88 Å². The quantitative estimate of drug-likeness (QED) is 0.699. The minimum Gasteiger partial charge on any atom is -0.473 e. The van der Waals surface area contributed by atoms with Gasteiger partial charge in [0.25, 0.3) is 0 Å². The second-order valence-electron chi connectivity index (χ2n) is 4.92. The van der Waals surface area contributed by atoms with Crippen molar-refractivity contribution in [2.24, 2.45) is 13.0 Å². The van der Waals surface area contributed by atoms with Crippen molar-refractivity contribution in [2.75, 3.05) is 13.2 Å². The Labute approximate surface area is 115 Å². The Hall–Kier alpha value is -1.33. The number of aliphatic hydroxyl groups is 1. The molecule has 0 aliphatic rings. The minimum atomic E-state index is 0.181. The van der Waals surface area contributed by atoms with Crippen LogP contribution in [0.3, 0.4) is 0 Å². The van der Waals surface area contributed by atoms with Crippen LogP contribution in [-0.2, 0) is 13.6 Å². The van der Waals surface area contributed by atoms with Gasteiger partial charge in [-0.2, -0.15) is 5.10 Å². The Morgan fingerprint density at radius 2 is 2.21 bits per heavy atom. The van der Waals surface area contributed by atoms with Crippen molar-refractivity contribution in [3.05, 3.63) is 23.9 Å². The number of aromatic nitrogens is 2. The summed E-state index contributed by atoms with van der Waals surface area (Å²) in [6.07, 6.45) is 1.72. The standard InChI is InChI=1S/C14H25N3O2/c1-6-7-19-14-13(12(4)16-17(14)5)8-15-11(3)10(2)9-18/h6,10-11,15,18H,1,7-9H2,2-5H3. The Morgan fingerprint density at radius 3 is 2.79 bits per heavy atom. The van der Waals surface area contributed by atoms with Gasteiger partial charge in [-0.05, 0) is 19.8 Å². The first-order valence-electron chi connectivity index (χ1n) is 6.61. The lowest BCUT2D eigenvalue weighted by Gasteiger charge is -2.19. The first-order valence-corrected chi connectivity index (χ1v) is 6.61. The highest BCUT2D eigenvalue weighted by Gasteiger charge is 2.16. The van der Waals surface area contributed by atoms with Gasteiger partial charge in [0.05, 0.1) is 11.3 Å². The van der Waals surface area contributed by atoms with Crippen molar-refractivity contribution < 1.29 is 9.84 Å². The Kier molecular flexibility index (Phi) is 6.05. The number of nitrogens with zero attached hydrogens (tertiary/aromatic N) is 2. The molecule has 0 aliphatic carbocycles. The molecule has 1 heterocycles. The molecule has 2 N–H and O–H groups in total. The number of aliphatic hydroxyl groups excluding tert-OH is 1. The molecule has 0 bridgehead atoms. The maximum absolute atomic E-state index is 9.14. The molecule has 0 amide bonds. The third kappa shape index (κ3) is 4.08. The van der Waals surface area contributed by atoms with E-state index in [0.29, 0.717) is 13.2 Å². The third-order valence-electron chi connectivity index (χ3n) is 3.37. The SMILES string of the molecule is C=CCOc1c(CNC(C)C(C)CO)c(C)nn1C. The summed E-state index contributed by atoms with van der Waals surface area (Å²) in [4.78, 5) is 0. The molecule has 19 heavy (non-hydrogen) atoms. The fourth-order valence-electron chi connectivity index (χ4n) is 1.83. The molecule has 0 fully saturated rings. The van der Waals surface area contributed by atoms with E-state index < -0.39 is 0 Å². The highest BCUT2D eigenvalue weighted by atomic mass is 16.5. The summed E-state index contributed by atoms with van der Waals surface area (Å²) < 4.78 is 7.40. The van der Waals surface area contributed by atoms with Gasteiger partial charge in [-0.3, -0.25) is 0 Å². The molecule has 5 nitrogen and oxygen atoms in total. The van der Waals surface area contributed by atoms with Crippen molar-refractivity contribution in [2.45, 2.75) is 33.4 Å². The van der Waals surface area contributed by atoms with Gasteiger partial charge in [-0.25, -0.2) is 4.68 Å². The molecule has 0 saturated carbocycles. The monoisotopic (exact) mass is 267 g/mol. The third-order valence-corrected chi connectivity index (χ3v) is 3.37. The van der Waals surface area contributed by atoms with Gasteiger partial charge < -0.3 is 15.2 Å². The van der Waals surface area contributed by atoms with E-state index in [0.717, 1.165) is 17.1 Å². The average molecular weight is 267 g/mol. The smallest absolute Gasteiger partial charge is 0.216 e. The fraction of sp³-hybridized carbons (Fsp3) is 0.643. The molecule has 108 valence electrons. The second-order valence-corrected chi connectivity index (χ2v) is 4.92. The lowest BCUT2D eigenvalue weighted by molar-refractivity contribution is 0.206. The van der Waals surface area contributed by atoms with E-state index in [-0.39, 0.29) is 18.6 Å². The van der Waals surface area contributed by atoms with Gasteiger partial charge >= 0.3 is 0 Å². The Balaban J connectivity index is 2.73. The second kappa shape index (κ2) is 7.31. The van der Waals surface area contributed by atoms with Crippen LogP contribution in [-0.4, -0.2) is 34.1 Å². The lowest BCUT2D eigenvalue weighted by atomic mass is 10.0. The first kappa shape index (κ1) is 15.7. The maximum Gasteiger partial charge on any atom is 0.216 e. The number of ether oxygens (including phenoxy) is 1. The highest BCUT2D eigenvalue weighted by molar-refractivity contribution is 5.31. The van der Waals surface area contributed by atoms with Gasteiger partial charge in [0.1, 0.15) is 6.61 Å². The number of aryl methyl sites for hydroxylation is 2. The number of rotatable bonds is 8. The van der Waals surface area contributed by atoms with Crippen LogP contribution in [0.1, 0.15) is 25.1 Å². The van der Waals surface area contributed by atoms with Crippen LogP contribution >= 0.6 is 0 Å². The summed E-state index contributed by atoms with van der Waals surface area (Å²) in [5, 5.41) is 16.9. The Bertz CT molecular complexity index is 415. The van der Waals surface area contributed by atoms with Crippen molar-refractivity contribution in [3.8, 4) is 5.88 Å². The first-order chi connectivity index (χ1) is 9.01. The summed E-state index contributed by atoms with van der Waals surface area (Å²) in [5.41, 5.74) is 2.01. The van der Waals surface area contributed by atoms with Crippen molar-refractivity contribution in [1.29, 1.82) is 0 Å². The van der Waals surface area contributed by atoms with Crippen LogP contribution in [0.5, 0.6) is 5.88 Å². The maximum atomic E-state index is 9.14. The van der Waals surface area contributed by atoms with Crippen LogP contribution in [0.15, 0.2) is 12.7 Å². The molecular weight excluding hydrogens is 242 g/mol. The summed E-state index contributed by atoms with van der Waals surface area (Å²) in [6.45, 7) is 11.0. The van der Waals surface area contributed by atoms with E-state index in [1.54, 1.807) is 10.8 Å². The molecule has 0 aromatic carbocycles. The highest BCUT2D eigenvalue weighted by Crippen LogP contribution is 2.21. The Morgan fingerprint density at radius 1 is 1.53 bits per heavy atom. The molecule has 1 rings (SSSR count). The normalized spacial score (nSPS) is 14.2. The minimum absolute atomic E-state index is 0.181. The predicted octanol–water partition coefficient (Wildman–Crippen LogP) is 1.40. The molecule has 5 heteroatoms. The van der Waals surface area contributed by atoms with Crippen LogP contribution in [0.4, 0.5) is 0 Å². The molecule has 1 aromatic rings. The largest absolute Gasteiger partial charge is 0.473 e. The van der Waals surface area contributed by atoms with Gasteiger partial charge in [0, 0.05) is 26.2 Å². The van der Waals surface area contributed by atoms with E-state index in [2.05, 4.69) is 23.9 Å². The summed E-state index contributed by atoms with van der Waals surface area (Å²) in [5.74, 6) is 0.989. The molecule has 0 saturated heterocycles. The molecule has 0 spiro atoms.